The van der Waals surface area contributed by atoms with Gasteiger partial charge in [-0.1, -0.05) is 6.08 Å². The first-order chi connectivity index (χ1) is 9.63. The Hall–Kier alpha value is -1.81. The van der Waals surface area contributed by atoms with Crippen LogP contribution in [0, 0.1) is 0 Å². The largest absolute Gasteiger partial charge is 0.491 e. The molecule has 0 atom stereocenters. The molecule has 0 unspecified atom stereocenters. The molecule has 0 amide bonds. The molecule has 106 valence electrons. The quantitative estimate of drug-likeness (QED) is 0.604. The minimum Gasteiger partial charge on any atom is -0.491 e. The van der Waals surface area contributed by atoms with Crippen LogP contribution < -0.4 is 4.74 Å². The zero-order valence-electron chi connectivity index (χ0n) is 11.7. The molecule has 1 aromatic heterocycles. The first-order valence-corrected chi connectivity index (χ1v) is 7.06. The lowest BCUT2D eigenvalue weighted by Crippen LogP contribution is -2.06. The highest BCUT2D eigenvalue weighted by Gasteiger charge is 2.10. The fourth-order valence-corrected chi connectivity index (χ4v) is 1.97. The summed E-state index contributed by atoms with van der Waals surface area (Å²) in [4.78, 5) is 4.38. The van der Waals surface area contributed by atoms with Gasteiger partial charge in [-0.05, 0) is 38.1 Å². The van der Waals surface area contributed by atoms with Crippen LogP contribution in [0.25, 0.3) is 5.69 Å². The second kappa shape index (κ2) is 6.57. The molecule has 0 bridgehead atoms. The molecule has 20 heavy (non-hydrogen) atoms. The lowest BCUT2D eigenvalue weighted by Gasteiger charge is -2.10. The Kier molecular flexibility index (Phi) is 4.79. The van der Waals surface area contributed by atoms with Gasteiger partial charge < -0.3 is 4.74 Å². The normalized spacial score (nSPS) is 10.8. The van der Waals surface area contributed by atoms with E-state index >= 15 is 0 Å². The van der Waals surface area contributed by atoms with E-state index in [1.54, 1.807) is 10.8 Å². The van der Waals surface area contributed by atoms with Crippen LogP contribution in [0.5, 0.6) is 5.75 Å². The molecular formula is C15H18ClN3O. The minimum absolute atomic E-state index is 0.159. The number of allylic oxidation sites excluding steroid dienone is 1. The van der Waals surface area contributed by atoms with Crippen LogP contribution in [0.15, 0.2) is 36.9 Å². The molecule has 1 aromatic carbocycles. The van der Waals surface area contributed by atoms with Crippen LogP contribution in [0.4, 0.5) is 0 Å². The van der Waals surface area contributed by atoms with Crippen molar-refractivity contribution < 1.29 is 4.74 Å². The van der Waals surface area contributed by atoms with E-state index in [4.69, 9.17) is 16.3 Å². The van der Waals surface area contributed by atoms with Crippen molar-refractivity contribution in [1.29, 1.82) is 0 Å². The standard InChI is InChI=1S/C15H18ClN3O/c1-4-5-15-17-14(10-16)18-19(15)12-6-8-13(9-7-12)20-11(2)3/h4,6-9,11H,1,5,10H2,2-3H3. The van der Waals surface area contributed by atoms with Crippen LogP contribution in [0.2, 0.25) is 0 Å². The Morgan fingerprint density at radius 2 is 2.05 bits per heavy atom. The predicted octanol–water partition coefficient (Wildman–Crippen LogP) is 3.52. The maximum atomic E-state index is 5.80. The lowest BCUT2D eigenvalue weighted by molar-refractivity contribution is 0.242. The SMILES string of the molecule is C=CCc1nc(CCl)nn1-c1ccc(OC(C)C)cc1. The Morgan fingerprint density at radius 1 is 1.35 bits per heavy atom. The molecule has 0 N–H and O–H groups in total. The van der Waals surface area contributed by atoms with E-state index in [2.05, 4.69) is 16.7 Å². The summed E-state index contributed by atoms with van der Waals surface area (Å²) in [6.45, 7) is 7.74. The molecule has 0 aliphatic carbocycles. The van der Waals surface area contributed by atoms with Crippen molar-refractivity contribution >= 4 is 11.6 Å². The van der Waals surface area contributed by atoms with Gasteiger partial charge in [0.05, 0.1) is 17.7 Å². The van der Waals surface area contributed by atoms with Crippen LogP contribution in [0.3, 0.4) is 0 Å². The number of benzene rings is 1. The van der Waals surface area contributed by atoms with Gasteiger partial charge in [0, 0.05) is 6.42 Å². The van der Waals surface area contributed by atoms with Crippen LogP contribution in [0.1, 0.15) is 25.5 Å². The van der Waals surface area contributed by atoms with Gasteiger partial charge in [0.1, 0.15) is 11.6 Å². The van der Waals surface area contributed by atoms with Gasteiger partial charge in [0.15, 0.2) is 5.82 Å². The summed E-state index contributed by atoms with van der Waals surface area (Å²) in [5.74, 6) is 2.58. The number of hydrogen-bond donors (Lipinski definition) is 0. The van der Waals surface area contributed by atoms with E-state index in [0.29, 0.717) is 18.1 Å². The zero-order chi connectivity index (χ0) is 14.5. The summed E-state index contributed by atoms with van der Waals surface area (Å²) >= 11 is 5.80. The summed E-state index contributed by atoms with van der Waals surface area (Å²) in [7, 11) is 0. The molecule has 2 rings (SSSR count). The first-order valence-electron chi connectivity index (χ1n) is 6.52. The van der Waals surface area contributed by atoms with Crippen LogP contribution in [-0.4, -0.2) is 20.9 Å². The molecule has 0 fully saturated rings. The summed E-state index contributed by atoms with van der Waals surface area (Å²) < 4.78 is 7.42. The van der Waals surface area contributed by atoms with Crippen molar-refractivity contribution in [2.24, 2.45) is 0 Å². The molecule has 4 nitrogen and oxygen atoms in total. The number of hydrogen-bond acceptors (Lipinski definition) is 3. The number of nitrogens with zero attached hydrogens (tertiary/aromatic N) is 3. The molecule has 0 aliphatic heterocycles. The van der Waals surface area contributed by atoms with Crippen molar-refractivity contribution in [2.75, 3.05) is 0 Å². The Morgan fingerprint density at radius 3 is 2.60 bits per heavy atom. The van der Waals surface area contributed by atoms with Crippen molar-refractivity contribution in [3.63, 3.8) is 0 Å². The van der Waals surface area contributed by atoms with E-state index in [-0.39, 0.29) is 6.10 Å². The third kappa shape index (κ3) is 3.39. The summed E-state index contributed by atoms with van der Waals surface area (Å²) in [5.41, 5.74) is 0.932. The van der Waals surface area contributed by atoms with E-state index in [0.717, 1.165) is 17.3 Å². The maximum Gasteiger partial charge on any atom is 0.166 e. The molecule has 0 spiro atoms. The highest BCUT2D eigenvalue weighted by molar-refractivity contribution is 6.16. The first kappa shape index (κ1) is 14.6. The van der Waals surface area contributed by atoms with Crippen molar-refractivity contribution in [2.45, 2.75) is 32.3 Å². The predicted molar refractivity (Wildman–Crippen MR) is 80.6 cm³/mol. The van der Waals surface area contributed by atoms with Crippen molar-refractivity contribution in [3.8, 4) is 11.4 Å². The smallest absolute Gasteiger partial charge is 0.166 e. The fraction of sp³-hybridized carbons (Fsp3) is 0.333. The highest BCUT2D eigenvalue weighted by atomic mass is 35.5. The van der Waals surface area contributed by atoms with E-state index in [9.17, 15) is 0 Å². The van der Waals surface area contributed by atoms with Gasteiger partial charge in [0.25, 0.3) is 0 Å². The van der Waals surface area contributed by atoms with Gasteiger partial charge in [-0.3, -0.25) is 0 Å². The van der Waals surface area contributed by atoms with Gasteiger partial charge in [-0.15, -0.1) is 23.3 Å². The zero-order valence-corrected chi connectivity index (χ0v) is 12.5. The average molecular weight is 292 g/mol. The molecule has 5 heteroatoms. The molecular weight excluding hydrogens is 274 g/mol. The molecule has 0 saturated carbocycles. The summed E-state index contributed by atoms with van der Waals surface area (Å²) in [6.07, 6.45) is 2.61. The summed E-state index contributed by atoms with van der Waals surface area (Å²) in [6, 6.07) is 7.76. The molecule has 1 heterocycles. The monoisotopic (exact) mass is 291 g/mol. The topological polar surface area (TPSA) is 39.9 Å². The van der Waals surface area contributed by atoms with Crippen LogP contribution >= 0.6 is 11.6 Å². The average Bonchev–Trinajstić information content (AvgIpc) is 2.83. The van der Waals surface area contributed by atoms with Crippen molar-refractivity contribution in [3.05, 3.63) is 48.6 Å². The number of alkyl halides is 1. The molecule has 0 radical (unpaired) electrons. The Balaban J connectivity index is 2.30. The van der Waals surface area contributed by atoms with Crippen LogP contribution in [-0.2, 0) is 12.3 Å². The molecule has 0 saturated heterocycles. The van der Waals surface area contributed by atoms with Gasteiger partial charge in [-0.25, -0.2) is 9.67 Å². The third-order valence-electron chi connectivity index (χ3n) is 2.62. The van der Waals surface area contributed by atoms with E-state index in [1.165, 1.54) is 0 Å². The molecule has 2 aromatic rings. The van der Waals surface area contributed by atoms with Gasteiger partial charge >= 0.3 is 0 Å². The number of rotatable bonds is 6. The Labute approximate surface area is 124 Å². The second-order valence-corrected chi connectivity index (χ2v) is 4.91. The maximum absolute atomic E-state index is 5.80. The molecule has 0 aliphatic rings. The number of ether oxygens (including phenoxy) is 1. The van der Waals surface area contributed by atoms with E-state index in [1.807, 2.05) is 38.1 Å². The van der Waals surface area contributed by atoms with Gasteiger partial charge in [0.2, 0.25) is 0 Å². The number of halogens is 1. The summed E-state index contributed by atoms with van der Waals surface area (Å²) in [5, 5.41) is 4.39. The second-order valence-electron chi connectivity index (χ2n) is 4.64. The Bertz CT molecular complexity index is 575. The highest BCUT2D eigenvalue weighted by Crippen LogP contribution is 2.18. The lowest BCUT2D eigenvalue weighted by atomic mass is 10.3. The number of aromatic nitrogens is 3. The van der Waals surface area contributed by atoms with E-state index < -0.39 is 0 Å². The van der Waals surface area contributed by atoms with Gasteiger partial charge in [-0.2, -0.15) is 0 Å². The fourth-order valence-electron chi connectivity index (χ4n) is 1.85. The third-order valence-corrected chi connectivity index (χ3v) is 2.86. The van der Waals surface area contributed by atoms with Crippen molar-refractivity contribution in [1.82, 2.24) is 14.8 Å². The minimum atomic E-state index is 0.159.